The fraction of sp³-hybridized carbons (Fsp3) is 0.368. The third kappa shape index (κ3) is 7.34. The second-order valence-electron chi connectivity index (χ2n) is 12.7. The van der Waals surface area contributed by atoms with Gasteiger partial charge < -0.3 is 24.0 Å². The highest BCUT2D eigenvalue weighted by Crippen LogP contribution is 2.44. The lowest BCUT2D eigenvalue weighted by molar-refractivity contribution is -0.385. The van der Waals surface area contributed by atoms with Gasteiger partial charge in [0.1, 0.15) is 12.3 Å². The molecule has 1 aliphatic carbocycles. The monoisotopic (exact) mass is 705 g/mol. The fourth-order valence-corrected chi connectivity index (χ4v) is 7.16. The molecule has 2 atom stereocenters. The third-order valence-electron chi connectivity index (χ3n) is 9.66. The van der Waals surface area contributed by atoms with E-state index >= 15 is 0 Å². The van der Waals surface area contributed by atoms with Crippen LogP contribution >= 0.6 is 0 Å². The normalized spacial score (nSPS) is 18.1. The first-order valence-electron chi connectivity index (χ1n) is 17.2. The Kier molecular flexibility index (Phi) is 10.9. The molecule has 268 valence electrons. The lowest BCUT2D eigenvalue weighted by atomic mass is 9.67. The molecule has 0 spiro atoms. The van der Waals surface area contributed by atoms with Gasteiger partial charge in [-0.25, -0.2) is 4.79 Å². The number of anilines is 1. The molecular weight excluding hydrogens is 666 g/mol. The maximum Gasteiger partial charge on any atom is 0.410 e. The van der Waals surface area contributed by atoms with Crippen molar-refractivity contribution in [1.82, 2.24) is 19.9 Å². The molecule has 0 radical (unpaired) electrons. The highest BCUT2D eigenvalue weighted by atomic mass is 16.6. The molecule has 1 saturated heterocycles. The van der Waals surface area contributed by atoms with E-state index in [1.807, 2.05) is 61.5 Å². The molecule has 6 rings (SSSR count). The lowest BCUT2D eigenvalue weighted by Crippen LogP contribution is -2.55. The summed E-state index contributed by atoms with van der Waals surface area (Å²) in [5, 5.41) is 22.8. The van der Waals surface area contributed by atoms with Gasteiger partial charge in [0.15, 0.2) is 5.75 Å². The number of pyridine rings is 1. The van der Waals surface area contributed by atoms with Gasteiger partial charge in [-0.3, -0.25) is 19.9 Å². The Hall–Kier alpha value is -6.10. The molecule has 14 nitrogen and oxygen atoms in total. The molecule has 2 aliphatic rings. The van der Waals surface area contributed by atoms with E-state index in [0.717, 1.165) is 23.1 Å². The van der Waals surface area contributed by atoms with Crippen molar-refractivity contribution in [2.24, 2.45) is 0 Å². The smallest absolute Gasteiger partial charge is 0.410 e. The molecule has 0 N–H and O–H groups in total. The van der Waals surface area contributed by atoms with Gasteiger partial charge in [0.05, 0.1) is 41.7 Å². The van der Waals surface area contributed by atoms with Crippen molar-refractivity contribution in [2.75, 3.05) is 31.6 Å². The molecule has 52 heavy (non-hydrogen) atoms. The van der Waals surface area contributed by atoms with E-state index in [1.165, 1.54) is 12.0 Å². The summed E-state index contributed by atoms with van der Waals surface area (Å²) in [5.41, 5.74) is 1.49. The van der Waals surface area contributed by atoms with Crippen LogP contribution in [0.3, 0.4) is 0 Å². The predicted octanol–water partition coefficient (Wildman–Crippen LogP) is 5.87. The van der Waals surface area contributed by atoms with Gasteiger partial charge in [-0.1, -0.05) is 61.5 Å². The Balaban J connectivity index is 1.41. The van der Waals surface area contributed by atoms with Crippen LogP contribution in [0.2, 0.25) is 0 Å². The van der Waals surface area contributed by atoms with Crippen LogP contribution in [0.5, 0.6) is 11.8 Å². The summed E-state index contributed by atoms with van der Waals surface area (Å²) < 4.78 is 17.2. The van der Waals surface area contributed by atoms with Crippen LogP contribution in [-0.4, -0.2) is 69.6 Å². The number of amides is 1. The average Bonchev–Trinajstić information content (AvgIpc) is 3.17. The summed E-state index contributed by atoms with van der Waals surface area (Å²) in [6.45, 7) is 2.26. The number of carbonyl (C=O) groups is 2. The molecule has 0 bridgehead atoms. The van der Waals surface area contributed by atoms with Gasteiger partial charge in [-0.05, 0) is 54.5 Å². The van der Waals surface area contributed by atoms with Gasteiger partial charge in [-0.15, -0.1) is 0 Å². The van der Waals surface area contributed by atoms with Gasteiger partial charge in [0, 0.05) is 32.3 Å². The van der Waals surface area contributed by atoms with Gasteiger partial charge in [0.25, 0.3) is 0 Å². The number of esters is 1. The minimum atomic E-state index is -1.26. The molecular formula is C38H39N7O7. The second kappa shape index (κ2) is 15.8. The number of aryl methyl sites for hydroxylation is 2. The standard InChI is InChI=1S/C38H39N7O7/c1-3-30-32(16-10-20-40-30)52-36-41-31(23-38(35(46)50-2)18-9-14-27-13-7-8-15-29(27)38)33(45(48)49)34(42-36)43-21-22-44(28(24-43)17-19-39)37(47)51-25-26-11-5-4-6-12-26/h4-8,10-13,15-16,20,28H,3,9,14,17-18,21-25H2,1-2H3/t28-,38?/m0/s1. The summed E-state index contributed by atoms with van der Waals surface area (Å²) in [7, 11) is 1.31. The number of carbonyl (C=O) groups excluding carboxylic acids is 2. The number of hydrogen-bond donors (Lipinski definition) is 0. The summed E-state index contributed by atoms with van der Waals surface area (Å²) in [6.07, 6.45) is 3.19. The second-order valence-corrected chi connectivity index (χ2v) is 12.7. The molecule has 1 fully saturated rings. The zero-order valence-electron chi connectivity index (χ0n) is 29.1. The van der Waals surface area contributed by atoms with E-state index in [0.29, 0.717) is 30.7 Å². The Morgan fingerprint density at radius 2 is 1.85 bits per heavy atom. The largest absolute Gasteiger partial charge is 0.468 e. The van der Waals surface area contributed by atoms with E-state index in [2.05, 4.69) is 21.0 Å². The minimum absolute atomic E-state index is 0.00410. The number of aromatic nitrogens is 3. The first kappa shape index (κ1) is 35.7. The van der Waals surface area contributed by atoms with E-state index in [4.69, 9.17) is 14.2 Å². The third-order valence-corrected chi connectivity index (χ3v) is 9.66. The van der Waals surface area contributed by atoms with E-state index in [1.54, 1.807) is 23.2 Å². The molecule has 2 aromatic heterocycles. The minimum Gasteiger partial charge on any atom is -0.468 e. The van der Waals surface area contributed by atoms with Crippen LogP contribution in [0.25, 0.3) is 0 Å². The quantitative estimate of drug-likeness (QED) is 0.103. The Bertz CT molecular complexity index is 1990. The lowest BCUT2D eigenvalue weighted by Gasteiger charge is -2.40. The molecule has 4 aromatic rings. The zero-order valence-corrected chi connectivity index (χ0v) is 29.1. The maximum absolute atomic E-state index is 13.8. The highest BCUT2D eigenvalue weighted by Gasteiger charge is 2.47. The number of ether oxygens (including phenoxy) is 3. The Labute approximate surface area is 301 Å². The number of fused-ring (bicyclic) bond motifs is 1. The molecule has 14 heteroatoms. The van der Waals surface area contributed by atoms with Gasteiger partial charge in [0.2, 0.25) is 5.82 Å². The highest BCUT2D eigenvalue weighted by molar-refractivity contribution is 5.85. The van der Waals surface area contributed by atoms with Crippen LogP contribution in [0.4, 0.5) is 16.3 Å². The van der Waals surface area contributed by atoms with Crippen molar-refractivity contribution in [3.8, 4) is 17.8 Å². The Morgan fingerprint density at radius 1 is 1.06 bits per heavy atom. The maximum atomic E-state index is 13.8. The van der Waals surface area contributed by atoms with Crippen molar-refractivity contribution in [3.63, 3.8) is 0 Å². The van der Waals surface area contributed by atoms with Crippen LogP contribution in [0.1, 0.15) is 54.3 Å². The predicted molar refractivity (Wildman–Crippen MR) is 189 cm³/mol. The summed E-state index contributed by atoms with van der Waals surface area (Å²) in [5.74, 6) is -0.181. The average molecular weight is 706 g/mol. The first-order chi connectivity index (χ1) is 25.3. The van der Waals surface area contributed by atoms with Crippen molar-refractivity contribution in [2.45, 2.75) is 63.5 Å². The first-order valence-corrected chi connectivity index (χ1v) is 17.2. The molecule has 1 unspecified atom stereocenters. The van der Waals surface area contributed by atoms with Gasteiger partial charge >= 0.3 is 23.8 Å². The van der Waals surface area contributed by atoms with Crippen molar-refractivity contribution in [1.29, 1.82) is 5.26 Å². The summed E-state index contributed by atoms with van der Waals surface area (Å²) in [4.78, 5) is 56.3. The van der Waals surface area contributed by atoms with Crippen LogP contribution in [-0.2, 0) is 45.6 Å². The number of nitrogens with zero attached hydrogens (tertiary/aromatic N) is 7. The number of rotatable bonds is 11. The number of benzene rings is 2. The van der Waals surface area contributed by atoms with Gasteiger partial charge in [-0.2, -0.15) is 15.2 Å². The van der Waals surface area contributed by atoms with Crippen LogP contribution < -0.4 is 9.64 Å². The molecule has 0 saturated carbocycles. The fourth-order valence-electron chi connectivity index (χ4n) is 7.16. The number of piperazine rings is 1. The molecule has 1 aliphatic heterocycles. The van der Waals surface area contributed by atoms with Crippen molar-refractivity contribution >= 4 is 23.6 Å². The van der Waals surface area contributed by atoms with Crippen LogP contribution in [0, 0.1) is 21.4 Å². The summed E-state index contributed by atoms with van der Waals surface area (Å²) in [6, 6.07) is 21.5. The molecule has 2 aromatic carbocycles. The van der Waals surface area contributed by atoms with E-state index in [-0.39, 0.29) is 56.6 Å². The van der Waals surface area contributed by atoms with Crippen molar-refractivity contribution < 1.29 is 28.7 Å². The topological polar surface area (TPSA) is 174 Å². The van der Waals surface area contributed by atoms with E-state index < -0.39 is 34.1 Å². The molecule has 3 heterocycles. The number of nitriles is 1. The number of methoxy groups -OCH3 is 1. The summed E-state index contributed by atoms with van der Waals surface area (Å²) >= 11 is 0. The Morgan fingerprint density at radius 3 is 2.60 bits per heavy atom. The SMILES string of the molecule is CCc1ncccc1Oc1nc(CC2(C(=O)OC)CCCc3ccccc32)c([N+](=O)[O-])c(N2CCN(C(=O)OCc3ccccc3)[C@@H](CC#N)C2)n1. The zero-order chi connectivity index (χ0) is 36.7. The van der Waals surface area contributed by atoms with E-state index in [9.17, 15) is 25.0 Å². The number of nitro groups is 1. The number of hydrogen-bond acceptors (Lipinski definition) is 12. The van der Waals surface area contributed by atoms with Crippen LogP contribution in [0.15, 0.2) is 72.9 Å². The molecule has 1 amide bonds. The van der Waals surface area contributed by atoms with Crippen molar-refractivity contribution in [3.05, 3.63) is 111 Å².